The van der Waals surface area contributed by atoms with Gasteiger partial charge in [-0.2, -0.15) is 0 Å². The number of aryl methyl sites for hydroxylation is 1. The lowest BCUT2D eigenvalue weighted by molar-refractivity contribution is -0.130. The van der Waals surface area contributed by atoms with Gasteiger partial charge in [0.2, 0.25) is 5.91 Å². The van der Waals surface area contributed by atoms with E-state index in [0.717, 1.165) is 0 Å². The molecular formula is C19H25N3O4S. The molecule has 1 aliphatic heterocycles. The van der Waals surface area contributed by atoms with Crippen LogP contribution in [0.5, 0.6) is 0 Å². The van der Waals surface area contributed by atoms with Crippen molar-refractivity contribution in [3.63, 3.8) is 0 Å². The molecule has 1 amide bonds. The predicted molar refractivity (Wildman–Crippen MR) is 104 cm³/mol. The zero-order valence-electron chi connectivity index (χ0n) is 15.9. The minimum absolute atomic E-state index is 0.137. The third-order valence-electron chi connectivity index (χ3n) is 5.09. The monoisotopic (exact) mass is 391 g/mol. The molecule has 1 aromatic heterocycles. The molecule has 146 valence electrons. The molecule has 0 N–H and O–H groups in total. The first-order valence-corrected chi connectivity index (χ1v) is 10.6. The van der Waals surface area contributed by atoms with E-state index in [1.54, 1.807) is 43.9 Å². The molecular weight excluding hydrogens is 366 g/mol. The highest BCUT2D eigenvalue weighted by Crippen LogP contribution is 2.27. The van der Waals surface area contributed by atoms with Gasteiger partial charge >= 0.3 is 0 Å². The number of amides is 1. The number of hydrogen-bond acceptors (Lipinski definition) is 5. The van der Waals surface area contributed by atoms with Crippen LogP contribution in [0.15, 0.2) is 35.4 Å². The van der Waals surface area contributed by atoms with Crippen molar-refractivity contribution in [1.29, 1.82) is 0 Å². The quantitative estimate of drug-likeness (QED) is 0.790. The van der Waals surface area contributed by atoms with E-state index in [1.165, 1.54) is 10.9 Å². The molecule has 0 saturated carbocycles. The van der Waals surface area contributed by atoms with E-state index in [-0.39, 0.29) is 31.0 Å². The summed E-state index contributed by atoms with van der Waals surface area (Å²) in [6, 6.07) is 7.08. The molecule has 1 fully saturated rings. The Morgan fingerprint density at radius 2 is 1.96 bits per heavy atom. The van der Waals surface area contributed by atoms with Crippen LogP contribution in [-0.2, 0) is 21.2 Å². The van der Waals surface area contributed by atoms with Crippen molar-refractivity contribution in [3.8, 4) is 0 Å². The third kappa shape index (κ3) is 3.76. The minimum atomic E-state index is -3.30. The Kier molecular flexibility index (Phi) is 5.12. The topological polar surface area (TPSA) is 89.3 Å². The maximum atomic E-state index is 12.6. The van der Waals surface area contributed by atoms with Gasteiger partial charge in [-0.15, -0.1) is 0 Å². The van der Waals surface area contributed by atoms with Crippen molar-refractivity contribution in [2.24, 2.45) is 0 Å². The van der Waals surface area contributed by atoms with Crippen molar-refractivity contribution >= 4 is 26.6 Å². The molecule has 2 aromatic rings. The second kappa shape index (κ2) is 7.07. The van der Waals surface area contributed by atoms with E-state index >= 15 is 0 Å². The van der Waals surface area contributed by atoms with Crippen molar-refractivity contribution in [2.45, 2.75) is 50.2 Å². The Labute approximate surface area is 158 Å². The van der Waals surface area contributed by atoms with Crippen LogP contribution in [0.4, 0.5) is 0 Å². The second-order valence-electron chi connectivity index (χ2n) is 7.92. The molecule has 27 heavy (non-hydrogen) atoms. The number of para-hydroxylation sites is 1. The van der Waals surface area contributed by atoms with Crippen molar-refractivity contribution < 1.29 is 13.2 Å². The molecule has 0 bridgehead atoms. The maximum Gasteiger partial charge on any atom is 0.261 e. The number of benzene rings is 1. The molecule has 0 spiro atoms. The lowest BCUT2D eigenvalue weighted by Gasteiger charge is -2.24. The zero-order chi connectivity index (χ0) is 19.8. The number of nitrogens with zero attached hydrogens (tertiary/aromatic N) is 3. The number of carbonyl (C=O) groups is 1. The van der Waals surface area contributed by atoms with Gasteiger partial charge in [0.05, 0.1) is 27.2 Å². The van der Waals surface area contributed by atoms with Crippen LogP contribution in [0.1, 0.15) is 33.6 Å². The van der Waals surface area contributed by atoms with E-state index in [9.17, 15) is 18.0 Å². The average Bonchev–Trinajstić information content (AvgIpc) is 3.11. The van der Waals surface area contributed by atoms with E-state index in [4.69, 9.17) is 0 Å². The SMILES string of the molecule is CC(C)(C)S(=O)(=O)[C@@H]1CCN(C(=O)CCn2cnc3ccccc3c2=O)C1. The Balaban J connectivity index is 1.66. The van der Waals surface area contributed by atoms with Crippen molar-refractivity contribution in [3.05, 3.63) is 40.9 Å². The van der Waals surface area contributed by atoms with E-state index < -0.39 is 19.8 Å². The average molecular weight is 391 g/mol. The lowest BCUT2D eigenvalue weighted by Crippen LogP contribution is -2.40. The van der Waals surface area contributed by atoms with Crippen LogP contribution >= 0.6 is 0 Å². The zero-order valence-corrected chi connectivity index (χ0v) is 16.7. The molecule has 0 unspecified atom stereocenters. The molecule has 0 radical (unpaired) electrons. The van der Waals surface area contributed by atoms with Gasteiger partial charge in [-0.3, -0.25) is 14.2 Å². The Morgan fingerprint density at radius 3 is 2.67 bits per heavy atom. The van der Waals surface area contributed by atoms with Gasteiger partial charge in [-0.1, -0.05) is 12.1 Å². The standard InChI is InChI=1S/C19H25N3O4S/c1-19(2,3)27(25,26)14-8-10-21(12-14)17(23)9-11-22-13-20-16-7-5-4-6-15(16)18(22)24/h4-7,13-14H,8-12H2,1-3H3/t14-/m1/s1. The molecule has 8 heteroatoms. The predicted octanol–water partition coefficient (Wildman–Crippen LogP) is 1.60. The number of aromatic nitrogens is 2. The molecule has 1 saturated heterocycles. The van der Waals surface area contributed by atoms with Gasteiger partial charge < -0.3 is 4.90 Å². The summed E-state index contributed by atoms with van der Waals surface area (Å²) >= 11 is 0. The first kappa shape index (κ1) is 19.5. The molecule has 2 heterocycles. The first-order valence-electron chi connectivity index (χ1n) is 9.06. The summed E-state index contributed by atoms with van der Waals surface area (Å²) in [6.07, 6.45) is 2.06. The van der Waals surface area contributed by atoms with Gasteiger partial charge in [-0.05, 0) is 39.3 Å². The van der Waals surface area contributed by atoms with Crippen LogP contribution in [0.25, 0.3) is 10.9 Å². The normalized spacial score (nSPS) is 18.2. The summed E-state index contributed by atoms with van der Waals surface area (Å²) in [5.41, 5.74) is 0.447. The van der Waals surface area contributed by atoms with Crippen LogP contribution in [0.2, 0.25) is 0 Å². The number of rotatable bonds is 4. The van der Waals surface area contributed by atoms with Crippen LogP contribution in [0.3, 0.4) is 0 Å². The van der Waals surface area contributed by atoms with E-state index in [2.05, 4.69) is 4.98 Å². The van der Waals surface area contributed by atoms with Crippen LogP contribution < -0.4 is 5.56 Å². The molecule has 7 nitrogen and oxygen atoms in total. The Morgan fingerprint density at radius 1 is 1.26 bits per heavy atom. The fraction of sp³-hybridized carbons (Fsp3) is 0.526. The number of carbonyl (C=O) groups excluding carboxylic acids is 1. The van der Waals surface area contributed by atoms with Gasteiger partial charge in [0.25, 0.3) is 5.56 Å². The summed E-state index contributed by atoms with van der Waals surface area (Å²) in [5.74, 6) is -0.137. The van der Waals surface area contributed by atoms with Crippen molar-refractivity contribution in [2.75, 3.05) is 13.1 Å². The Bertz CT molecular complexity index is 1020. The number of likely N-dealkylation sites (tertiary alicyclic amines) is 1. The third-order valence-corrected chi connectivity index (χ3v) is 8.06. The first-order chi connectivity index (χ1) is 12.6. The van der Waals surface area contributed by atoms with Gasteiger partial charge in [0.15, 0.2) is 9.84 Å². The van der Waals surface area contributed by atoms with Gasteiger partial charge in [-0.25, -0.2) is 13.4 Å². The van der Waals surface area contributed by atoms with Gasteiger partial charge in [0.1, 0.15) is 0 Å². The smallest absolute Gasteiger partial charge is 0.261 e. The van der Waals surface area contributed by atoms with Crippen LogP contribution in [-0.4, -0.2) is 51.9 Å². The fourth-order valence-corrected chi connectivity index (χ4v) is 5.14. The number of sulfone groups is 1. The lowest BCUT2D eigenvalue weighted by atomic mass is 10.2. The number of hydrogen-bond donors (Lipinski definition) is 0. The van der Waals surface area contributed by atoms with Crippen molar-refractivity contribution in [1.82, 2.24) is 14.5 Å². The van der Waals surface area contributed by atoms with E-state index in [0.29, 0.717) is 23.9 Å². The number of fused-ring (bicyclic) bond motifs is 1. The summed E-state index contributed by atoms with van der Waals surface area (Å²) in [5, 5.41) is -0.00327. The summed E-state index contributed by atoms with van der Waals surface area (Å²) < 4.78 is 25.8. The van der Waals surface area contributed by atoms with Gasteiger partial charge in [0, 0.05) is 26.1 Å². The highest BCUT2D eigenvalue weighted by atomic mass is 32.2. The van der Waals surface area contributed by atoms with Crippen LogP contribution in [0, 0.1) is 0 Å². The summed E-state index contributed by atoms with van der Waals surface area (Å²) in [7, 11) is -3.30. The highest BCUT2D eigenvalue weighted by Gasteiger charge is 2.41. The maximum absolute atomic E-state index is 12.6. The summed E-state index contributed by atoms with van der Waals surface area (Å²) in [4.78, 5) is 30.8. The molecule has 0 aliphatic carbocycles. The highest BCUT2D eigenvalue weighted by molar-refractivity contribution is 7.93. The fourth-order valence-electron chi connectivity index (χ4n) is 3.35. The molecule has 3 rings (SSSR count). The second-order valence-corrected chi connectivity index (χ2v) is 10.9. The largest absolute Gasteiger partial charge is 0.341 e. The van der Waals surface area contributed by atoms with E-state index in [1.807, 2.05) is 6.07 Å². The Hall–Kier alpha value is -2.22. The molecule has 1 aliphatic rings. The molecule has 1 atom stereocenters. The minimum Gasteiger partial charge on any atom is -0.341 e. The summed E-state index contributed by atoms with van der Waals surface area (Å²) in [6.45, 7) is 5.94. The molecule has 1 aromatic carbocycles.